The predicted octanol–water partition coefficient (Wildman–Crippen LogP) is 0.859. The van der Waals surface area contributed by atoms with Crippen molar-refractivity contribution in [2.24, 2.45) is 5.92 Å². The van der Waals surface area contributed by atoms with Crippen molar-refractivity contribution in [3.8, 4) is 5.75 Å². The van der Waals surface area contributed by atoms with Gasteiger partial charge in [0.05, 0.1) is 0 Å². The second-order valence-corrected chi connectivity index (χ2v) is 3.21. The topological polar surface area (TPSA) is 94.8 Å². The van der Waals surface area contributed by atoms with Gasteiger partial charge in [-0.1, -0.05) is 0 Å². The number of carbonyl (C=O) groups is 2. The molecule has 0 atom stereocenters. The van der Waals surface area contributed by atoms with Gasteiger partial charge in [0, 0.05) is 6.42 Å². The van der Waals surface area contributed by atoms with E-state index in [0.717, 1.165) is 18.2 Å². The molecule has 16 heavy (non-hydrogen) atoms. The smallest absolute Gasteiger partial charge is 0.318 e. The number of phenolic OH excluding ortho intramolecular Hbond substituents is 1. The third-order valence-electron chi connectivity index (χ3n) is 2.06. The SMILES string of the molecule is O=C(O)C(Cc1cc(F)ccc1O)C(=O)O. The van der Waals surface area contributed by atoms with E-state index in [4.69, 9.17) is 10.2 Å². The van der Waals surface area contributed by atoms with Gasteiger partial charge in [-0.3, -0.25) is 9.59 Å². The number of hydrogen-bond acceptors (Lipinski definition) is 3. The first-order valence-electron chi connectivity index (χ1n) is 4.35. The summed E-state index contributed by atoms with van der Waals surface area (Å²) in [5.41, 5.74) is -0.0465. The van der Waals surface area contributed by atoms with Crippen LogP contribution >= 0.6 is 0 Å². The molecule has 0 aliphatic carbocycles. The molecular formula is C10H9FO5. The third kappa shape index (κ3) is 2.69. The average Bonchev–Trinajstić information content (AvgIpc) is 2.18. The van der Waals surface area contributed by atoms with Gasteiger partial charge in [-0.15, -0.1) is 0 Å². The molecule has 0 aromatic heterocycles. The fourth-order valence-electron chi connectivity index (χ4n) is 1.22. The standard InChI is InChI=1S/C10H9FO5/c11-6-1-2-8(12)5(3-6)4-7(9(13)14)10(15)16/h1-3,7,12H,4H2,(H,13,14)(H,15,16). The van der Waals surface area contributed by atoms with Gasteiger partial charge in [-0.05, 0) is 23.8 Å². The molecule has 0 unspecified atom stereocenters. The van der Waals surface area contributed by atoms with Crippen LogP contribution in [0.25, 0.3) is 0 Å². The van der Waals surface area contributed by atoms with Crippen LogP contribution in [0.4, 0.5) is 4.39 Å². The second-order valence-electron chi connectivity index (χ2n) is 3.21. The molecule has 1 aromatic rings. The van der Waals surface area contributed by atoms with Crippen LogP contribution in [0, 0.1) is 11.7 Å². The van der Waals surface area contributed by atoms with Crippen LogP contribution in [0.1, 0.15) is 5.56 Å². The number of carboxylic acids is 2. The van der Waals surface area contributed by atoms with E-state index in [-0.39, 0.29) is 11.3 Å². The van der Waals surface area contributed by atoms with E-state index in [0.29, 0.717) is 0 Å². The number of halogens is 1. The van der Waals surface area contributed by atoms with Crippen molar-refractivity contribution in [3.05, 3.63) is 29.6 Å². The summed E-state index contributed by atoms with van der Waals surface area (Å²) in [5.74, 6) is -5.75. The Hall–Kier alpha value is -2.11. The molecule has 6 heteroatoms. The number of rotatable bonds is 4. The summed E-state index contributed by atoms with van der Waals surface area (Å²) in [6, 6.07) is 2.95. The number of aliphatic carboxylic acids is 2. The zero-order valence-corrected chi connectivity index (χ0v) is 8.05. The van der Waals surface area contributed by atoms with Crippen molar-refractivity contribution in [2.75, 3.05) is 0 Å². The Morgan fingerprint density at radius 2 is 1.81 bits per heavy atom. The molecule has 0 bridgehead atoms. The van der Waals surface area contributed by atoms with Gasteiger partial charge in [0.1, 0.15) is 11.6 Å². The van der Waals surface area contributed by atoms with E-state index < -0.39 is 30.1 Å². The van der Waals surface area contributed by atoms with Gasteiger partial charge in [0.2, 0.25) is 0 Å². The Morgan fingerprint density at radius 1 is 1.25 bits per heavy atom. The minimum Gasteiger partial charge on any atom is -0.508 e. The molecular weight excluding hydrogens is 219 g/mol. The second kappa shape index (κ2) is 4.61. The number of benzene rings is 1. The maximum atomic E-state index is 12.8. The zero-order chi connectivity index (χ0) is 12.3. The molecule has 86 valence electrons. The minimum atomic E-state index is -1.70. The molecule has 1 rings (SSSR count). The van der Waals surface area contributed by atoms with E-state index in [1.807, 2.05) is 0 Å². The fraction of sp³-hybridized carbons (Fsp3) is 0.200. The highest BCUT2D eigenvalue weighted by molar-refractivity contribution is 5.93. The van der Waals surface area contributed by atoms with E-state index in [2.05, 4.69) is 0 Å². The molecule has 0 aliphatic rings. The molecule has 0 aliphatic heterocycles. The maximum Gasteiger partial charge on any atom is 0.318 e. The Balaban J connectivity index is 2.97. The van der Waals surface area contributed by atoms with Gasteiger partial charge in [-0.2, -0.15) is 0 Å². The van der Waals surface area contributed by atoms with Gasteiger partial charge in [-0.25, -0.2) is 4.39 Å². The third-order valence-corrected chi connectivity index (χ3v) is 2.06. The van der Waals surface area contributed by atoms with Crippen LogP contribution in [-0.2, 0) is 16.0 Å². The molecule has 0 fully saturated rings. The van der Waals surface area contributed by atoms with Crippen LogP contribution in [0.15, 0.2) is 18.2 Å². The number of carboxylic acid groups (broad SMARTS) is 2. The lowest BCUT2D eigenvalue weighted by molar-refractivity contribution is -0.154. The molecule has 0 spiro atoms. The molecule has 1 aromatic carbocycles. The quantitative estimate of drug-likeness (QED) is 0.664. The van der Waals surface area contributed by atoms with Crippen LogP contribution in [0.5, 0.6) is 5.75 Å². The molecule has 0 saturated heterocycles. The van der Waals surface area contributed by atoms with Crippen LogP contribution in [0.2, 0.25) is 0 Å². The lowest BCUT2D eigenvalue weighted by Gasteiger charge is -2.08. The normalized spacial score (nSPS) is 10.4. The van der Waals surface area contributed by atoms with Gasteiger partial charge >= 0.3 is 11.9 Å². The predicted molar refractivity (Wildman–Crippen MR) is 50.5 cm³/mol. The average molecular weight is 228 g/mol. The van der Waals surface area contributed by atoms with Crippen LogP contribution in [-0.4, -0.2) is 27.3 Å². The fourth-order valence-corrected chi connectivity index (χ4v) is 1.22. The maximum absolute atomic E-state index is 12.8. The van der Waals surface area contributed by atoms with E-state index >= 15 is 0 Å². The molecule has 3 N–H and O–H groups in total. The molecule has 0 heterocycles. The first-order chi connectivity index (χ1) is 7.41. The minimum absolute atomic E-state index is 0.0465. The van der Waals surface area contributed by atoms with Gasteiger partial charge in [0.25, 0.3) is 0 Å². The first kappa shape index (κ1) is 12.0. The van der Waals surface area contributed by atoms with E-state index in [9.17, 15) is 19.1 Å². The Bertz CT molecular complexity index is 415. The molecule has 0 radical (unpaired) electrons. The lowest BCUT2D eigenvalue weighted by atomic mass is 9.99. The Kier molecular flexibility index (Phi) is 3.44. The first-order valence-corrected chi connectivity index (χ1v) is 4.35. The van der Waals surface area contributed by atoms with Crippen molar-refractivity contribution in [3.63, 3.8) is 0 Å². The summed E-state index contributed by atoms with van der Waals surface area (Å²) < 4.78 is 12.8. The highest BCUT2D eigenvalue weighted by Crippen LogP contribution is 2.21. The number of phenols is 1. The summed E-state index contributed by atoms with van der Waals surface area (Å²) in [5, 5.41) is 26.5. The molecule has 5 nitrogen and oxygen atoms in total. The van der Waals surface area contributed by atoms with Crippen molar-refractivity contribution in [2.45, 2.75) is 6.42 Å². The largest absolute Gasteiger partial charge is 0.508 e. The van der Waals surface area contributed by atoms with Crippen molar-refractivity contribution >= 4 is 11.9 Å². The highest BCUT2D eigenvalue weighted by Gasteiger charge is 2.27. The summed E-state index contributed by atoms with van der Waals surface area (Å²) in [4.78, 5) is 21.2. The summed E-state index contributed by atoms with van der Waals surface area (Å²) in [7, 11) is 0. The van der Waals surface area contributed by atoms with Crippen LogP contribution in [0.3, 0.4) is 0 Å². The van der Waals surface area contributed by atoms with Crippen molar-refractivity contribution in [1.29, 1.82) is 0 Å². The number of hydrogen-bond donors (Lipinski definition) is 3. The zero-order valence-electron chi connectivity index (χ0n) is 8.05. The van der Waals surface area contributed by atoms with Gasteiger partial charge < -0.3 is 15.3 Å². The van der Waals surface area contributed by atoms with Crippen molar-refractivity contribution in [1.82, 2.24) is 0 Å². The highest BCUT2D eigenvalue weighted by atomic mass is 19.1. The van der Waals surface area contributed by atoms with Crippen LogP contribution < -0.4 is 0 Å². The van der Waals surface area contributed by atoms with Gasteiger partial charge in [0.15, 0.2) is 5.92 Å². The Morgan fingerprint density at radius 3 is 2.31 bits per heavy atom. The monoisotopic (exact) mass is 228 g/mol. The molecule has 0 amide bonds. The summed E-state index contributed by atoms with van der Waals surface area (Å²) >= 11 is 0. The number of aromatic hydroxyl groups is 1. The molecule has 0 saturated carbocycles. The summed E-state index contributed by atoms with van der Waals surface area (Å²) in [6.07, 6.45) is -0.464. The van der Waals surface area contributed by atoms with Crippen molar-refractivity contribution < 1.29 is 29.3 Å². The Labute approximate surface area is 89.8 Å². The van der Waals surface area contributed by atoms with E-state index in [1.54, 1.807) is 0 Å². The van der Waals surface area contributed by atoms with E-state index in [1.165, 1.54) is 0 Å². The summed E-state index contributed by atoms with van der Waals surface area (Å²) in [6.45, 7) is 0. The lowest BCUT2D eigenvalue weighted by Crippen LogP contribution is -2.25.